The van der Waals surface area contributed by atoms with E-state index in [1.165, 1.54) is 30.0 Å². The Labute approximate surface area is 148 Å². The van der Waals surface area contributed by atoms with Crippen LogP contribution in [0.1, 0.15) is 24.4 Å². The zero-order valence-corrected chi connectivity index (χ0v) is 14.7. The van der Waals surface area contributed by atoms with E-state index < -0.39 is 11.2 Å². The molecule has 3 rings (SSSR count). The van der Waals surface area contributed by atoms with E-state index in [4.69, 9.17) is 0 Å². The molecule has 0 aliphatic carbocycles. The summed E-state index contributed by atoms with van der Waals surface area (Å²) < 4.78 is 2.28. The van der Waals surface area contributed by atoms with Crippen molar-refractivity contribution < 1.29 is 4.79 Å². The Morgan fingerprint density at radius 1 is 1.27 bits per heavy atom. The molecular weight excluding hydrogens is 334 g/mol. The summed E-state index contributed by atoms with van der Waals surface area (Å²) >= 11 is 0. The Kier molecular flexibility index (Phi) is 4.57. The van der Waals surface area contributed by atoms with Crippen LogP contribution in [0.4, 0.5) is 0 Å². The van der Waals surface area contributed by atoms with Gasteiger partial charge in [-0.15, -0.1) is 0 Å². The summed E-state index contributed by atoms with van der Waals surface area (Å²) in [6, 6.07) is 7.27. The van der Waals surface area contributed by atoms with Crippen molar-refractivity contribution in [1.29, 1.82) is 0 Å². The smallest absolute Gasteiger partial charge is 0.330 e. The fourth-order valence-corrected chi connectivity index (χ4v) is 2.62. The Balaban J connectivity index is 1.75. The number of hydrogen-bond acceptors (Lipinski definition) is 4. The van der Waals surface area contributed by atoms with E-state index >= 15 is 0 Å². The molecule has 134 valence electrons. The number of aromatic nitrogens is 4. The Morgan fingerprint density at radius 2 is 2.00 bits per heavy atom. The molecule has 0 saturated carbocycles. The number of hydrogen-bond donors (Lipinski definition) is 2. The largest absolute Gasteiger partial charge is 0.343 e. The molecule has 0 aliphatic rings. The number of amides is 1. The van der Waals surface area contributed by atoms with Gasteiger partial charge in [-0.05, 0) is 25.1 Å². The molecule has 26 heavy (non-hydrogen) atoms. The molecule has 0 radical (unpaired) electrons. The van der Waals surface area contributed by atoms with Gasteiger partial charge in [-0.1, -0.05) is 12.1 Å². The molecule has 2 aromatic heterocycles. The highest BCUT2D eigenvalue weighted by Crippen LogP contribution is 2.15. The first-order valence-corrected chi connectivity index (χ1v) is 8.06. The molecule has 0 aliphatic heterocycles. The van der Waals surface area contributed by atoms with Crippen LogP contribution < -0.4 is 16.6 Å². The van der Waals surface area contributed by atoms with Crippen molar-refractivity contribution >= 4 is 23.0 Å². The molecule has 0 fully saturated rings. The third-order valence-electron chi connectivity index (χ3n) is 4.06. The number of aryl methyl sites for hydroxylation is 1. The van der Waals surface area contributed by atoms with E-state index in [-0.39, 0.29) is 17.5 Å². The molecule has 1 aromatic carbocycles. The summed E-state index contributed by atoms with van der Waals surface area (Å²) in [7, 11) is 2.94. The molecule has 1 atom stereocenters. The minimum Gasteiger partial charge on any atom is -0.343 e. The first-order valence-electron chi connectivity index (χ1n) is 8.06. The zero-order valence-electron chi connectivity index (χ0n) is 14.7. The van der Waals surface area contributed by atoms with Crippen molar-refractivity contribution in [2.75, 3.05) is 0 Å². The van der Waals surface area contributed by atoms with Crippen molar-refractivity contribution in [3.05, 3.63) is 68.8 Å². The molecule has 3 aromatic rings. The monoisotopic (exact) mass is 353 g/mol. The minimum atomic E-state index is -0.456. The number of fused-ring (bicyclic) bond motifs is 1. The molecule has 8 nitrogen and oxygen atoms in total. The molecule has 2 heterocycles. The number of benzene rings is 1. The highest BCUT2D eigenvalue weighted by molar-refractivity contribution is 5.91. The van der Waals surface area contributed by atoms with E-state index in [0.717, 1.165) is 15.6 Å². The highest BCUT2D eigenvalue weighted by atomic mass is 16.2. The lowest BCUT2D eigenvalue weighted by Crippen LogP contribution is -2.37. The normalized spacial score (nSPS) is 12.6. The first-order chi connectivity index (χ1) is 12.4. The first kappa shape index (κ1) is 17.4. The van der Waals surface area contributed by atoms with Crippen LogP contribution in [0.15, 0.2) is 46.1 Å². The van der Waals surface area contributed by atoms with Gasteiger partial charge < -0.3 is 14.9 Å². The zero-order chi connectivity index (χ0) is 18.8. The summed E-state index contributed by atoms with van der Waals surface area (Å²) in [5.41, 5.74) is 1.10. The average Bonchev–Trinajstić information content (AvgIpc) is 3.06. The number of nitrogens with zero attached hydrogens (tertiary/aromatic N) is 3. The van der Waals surface area contributed by atoms with Gasteiger partial charge in [-0.2, -0.15) is 0 Å². The summed E-state index contributed by atoms with van der Waals surface area (Å²) in [4.78, 5) is 43.5. The summed E-state index contributed by atoms with van der Waals surface area (Å²) in [5.74, 6) is 0.278. The fourth-order valence-electron chi connectivity index (χ4n) is 2.62. The molecule has 0 spiro atoms. The van der Waals surface area contributed by atoms with Crippen LogP contribution in [0.2, 0.25) is 0 Å². The number of rotatable bonds is 4. The van der Waals surface area contributed by atoms with Crippen molar-refractivity contribution in [3.63, 3.8) is 0 Å². The second kappa shape index (κ2) is 6.83. The van der Waals surface area contributed by atoms with Gasteiger partial charge in [-0.3, -0.25) is 14.2 Å². The molecule has 1 amide bonds. The van der Waals surface area contributed by atoms with Gasteiger partial charge in [-0.25, -0.2) is 9.78 Å². The van der Waals surface area contributed by atoms with Crippen molar-refractivity contribution in [2.24, 2.45) is 14.1 Å². The number of carbonyl (C=O) groups excluding carboxylic acids is 1. The van der Waals surface area contributed by atoms with Crippen molar-refractivity contribution in [1.82, 2.24) is 24.4 Å². The van der Waals surface area contributed by atoms with Crippen LogP contribution in [0.25, 0.3) is 17.1 Å². The maximum absolute atomic E-state index is 12.1. The van der Waals surface area contributed by atoms with Gasteiger partial charge in [0.2, 0.25) is 5.91 Å². The Morgan fingerprint density at radius 3 is 2.73 bits per heavy atom. The Hall–Kier alpha value is -3.42. The maximum Gasteiger partial charge on any atom is 0.330 e. The second-order valence-corrected chi connectivity index (χ2v) is 6.04. The predicted octanol–water partition coefficient (Wildman–Crippen LogP) is 0.851. The lowest BCUT2D eigenvalue weighted by molar-refractivity contribution is -0.117. The van der Waals surface area contributed by atoms with E-state index in [2.05, 4.69) is 15.3 Å². The van der Waals surface area contributed by atoms with Gasteiger partial charge in [0.25, 0.3) is 5.56 Å². The summed E-state index contributed by atoms with van der Waals surface area (Å²) in [6.07, 6.45) is 4.06. The summed E-state index contributed by atoms with van der Waals surface area (Å²) in [6.45, 7) is 1.81. The molecule has 2 N–H and O–H groups in total. The number of aromatic amines is 1. The predicted molar refractivity (Wildman–Crippen MR) is 98.6 cm³/mol. The Bertz CT molecular complexity index is 1090. The fraction of sp³-hybridized carbons (Fsp3) is 0.222. The maximum atomic E-state index is 12.1. The molecule has 0 bridgehead atoms. The third kappa shape index (κ3) is 3.34. The number of imidazole rings is 1. The number of para-hydroxylation sites is 2. The quantitative estimate of drug-likeness (QED) is 0.679. The van der Waals surface area contributed by atoms with Crippen LogP contribution in [-0.2, 0) is 18.9 Å². The van der Waals surface area contributed by atoms with Gasteiger partial charge in [0.05, 0.1) is 22.6 Å². The molecule has 8 heteroatoms. The minimum absolute atomic E-state index is 0.251. The van der Waals surface area contributed by atoms with Gasteiger partial charge in [0.15, 0.2) is 0 Å². The van der Waals surface area contributed by atoms with Crippen molar-refractivity contribution in [3.8, 4) is 0 Å². The molecule has 0 saturated heterocycles. The lowest BCUT2D eigenvalue weighted by Gasteiger charge is -2.09. The van der Waals surface area contributed by atoms with Gasteiger partial charge in [0.1, 0.15) is 5.82 Å². The van der Waals surface area contributed by atoms with E-state index in [1.807, 2.05) is 31.2 Å². The number of H-pyrrole nitrogens is 1. The van der Waals surface area contributed by atoms with Crippen LogP contribution >= 0.6 is 0 Å². The molecular formula is C18H19N5O3. The van der Waals surface area contributed by atoms with E-state index in [9.17, 15) is 14.4 Å². The summed E-state index contributed by atoms with van der Waals surface area (Å²) in [5, 5.41) is 2.79. The van der Waals surface area contributed by atoms with Crippen molar-refractivity contribution in [2.45, 2.75) is 13.0 Å². The third-order valence-corrected chi connectivity index (χ3v) is 4.06. The highest BCUT2D eigenvalue weighted by Gasteiger charge is 2.12. The number of nitrogens with one attached hydrogen (secondary N) is 2. The topological polar surface area (TPSA) is 102 Å². The second-order valence-electron chi connectivity index (χ2n) is 6.04. The lowest BCUT2D eigenvalue weighted by atomic mass is 10.2. The van der Waals surface area contributed by atoms with E-state index in [1.54, 1.807) is 7.05 Å². The standard InChI is InChI=1S/C18H19N5O3/c1-11(16-20-13-6-4-5-7-14(13)21-16)19-15(24)9-8-12-10-22(2)18(26)23(3)17(12)25/h4-11H,1-3H3,(H,19,24)(H,20,21)/b9-8+. The number of carbonyl (C=O) groups is 1. The van der Waals surface area contributed by atoms with Crippen LogP contribution in [0.5, 0.6) is 0 Å². The SMILES string of the molecule is CC(NC(=O)/C=C/c1cn(C)c(=O)n(C)c1=O)c1nc2ccccc2[nH]1. The van der Waals surface area contributed by atoms with Gasteiger partial charge >= 0.3 is 5.69 Å². The van der Waals surface area contributed by atoms with Crippen LogP contribution in [0.3, 0.4) is 0 Å². The van der Waals surface area contributed by atoms with Crippen LogP contribution in [0, 0.1) is 0 Å². The average molecular weight is 353 g/mol. The molecule has 1 unspecified atom stereocenters. The van der Waals surface area contributed by atoms with E-state index in [0.29, 0.717) is 5.82 Å². The van der Waals surface area contributed by atoms with Crippen LogP contribution in [-0.4, -0.2) is 25.0 Å². The van der Waals surface area contributed by atoms with Gasteiger partial charge in [0, 0.05) is 26.4 Å².